The molecule has 1 aliphatic rings. The number of nitrogens with one attached hydrogen (secondary N) is 1. The SMILES string of the molecule is O=C1NC(c2cccc(O)c2)c2c1oc1ccc(Br)cc1c2=O. The molecule has 0 aliphatic carbocycles. The molecule has 1 unspecified atom stereocenters. The molecule has 0 radical (unpaired) electrons. The summed E-state index contributed by atoms with van der Waals surface area (Å²) < 4.78 is 6.39. The number of fused-ring (bicyclic) bond motifs is 2. The van der Waals surface area contributed by atoms with Gasteiger partial charge in [0.05, 0.1) is 17.0 Å². The topological polar surface area (TPSA) is 79.5 Å². The van der Waals surface area contributed by atoms with Crippen LogP contribution in [0.2, 0.25) is 0 Å². The summed E-state index contributed by atoms with van der Waals surface area (Å²) in [6, 6.07) is 10.9. The van der Waals surface area contributed by atoms with Gasteiger partial charge in [-0.05, 0) is 35.9 Å². The van der Waals surface area contributed by atoms with E-state index in [4.69, 9.17) is 4.42 Å². The molecule has 1 aromatic heterocycles. The van der Waals surface area contributed by atoms with E-state index in [0.29, 0.717) is 16.5 Å². The molecule has 2 aromatic carbocycles. The van der Waals surface area contributed by atoms with Crippen molar-refractivity contribution in [1.82, 2.24) is 5.32 Å². The summed E-state index contributed by atoms with van der Waals surface area (Å²) in [5.74, 6) is -0.341. The van der Waals surface area contributed by atoms with Crippen LogP contribution in [0, 0.1) is 0 Å². The van der Waals surface area contributed by atoms with Crippen molar-refractivity contribution in [1.29, 1.82) is 0 Å². The Hall–Kier alpha value is -2.60. The van der Waals surface area contributed by atoms with Gasteiger partial charge in [0.2, 0.25) is 5.76 Å². The third-order valence-corrected chi connectivity index (χ3v) is 4.35. The first-order valence-electron chi connectivity index (χ1n) is 6.90. The maximum atomic E-state index is 12.9. The number of benzene rings is 2. The van der Waals surface area contributed by atoms with Crippen LogP contribution < -0.4 is 10.7 Å². The molecular formula is C17H10BrNO4. The van der Waals surface area contributed by atoms with Crippen molar-refractivity contribution in [3.63, 3.8) is 0 Å². The van der Waals surface area contributed by atoms with E-state index in [2.05, 4.69) is 21.2 Å². The number of phenolic OH excluding ortho intramolecular Hbond substituents is 1. The molecule has 2 heterocycles. The summed E-state index contributed by atoms with van der Waals surface area (Å²) in [6.45, 7) is 0. The molecule has 0 saturated carbocycles. The predicted octanol–water partition coefficient (Wildman–Crippen LogP) is 3.09. The van der Waals surface area contributed by atoms with Crippen molar-refractivity contribution in [3.8, 4) is 5.75 Å². The maximum absolute atomic E-state index is 12.9. The number of carbonyl (C=O) groups excluding carboxylic acids is 1. The van der Waals surface area contributed by atoms with Crippen molar-refractivity contribution in [2.75, 3.05) is 0 Å². The van der Waals surface area contributed by atoms with Crippen LogP contribution >= 0.6 is 15.9 Å². The van der Waals surface area contributed by atoms with Crippen LogP contribution in [0.1, 0.15) is 27.7 Å². The van der Waals surface area contributed by atoms with E-state index >= 15 is 0 Å². The first kappa shape index (κ1) is 14.0. The maximum Gasteiger partial charge on any atom is 0.288 e. The van der Waals surface area contributed by atoms with Crippen molar-refractivity contribution >= 4 is 32.8 Å². The van der Waals surface area contributed by atoms with Crippen LogP contribution in [0.25, 0.3) is 11.0 Å². The van der Waals surface area contributed by atoms with Crippen LogP contribution in [0.5, 0.6) is 5.75 Å². The van der Waals surface area contributed by atoms with Crippen LogP contribution in [0.3, 0.4) is 0 Å². The van der Waals surface area contributed by atoms with Crippen LogP contribution in [0.4, 0.5) is 0 Å². The summed E-state index contributed by atoms with van der Waals surface area (Å²) >= 11 is 3.33. The van der Waals surface area contributed by atoms with Gasteiger partial charge in [-0.2, -0.15) is 0 Å². The highest BCUT2D eigenvalue weighted by Crippen LogP contribution is 2.32. The molecule has 114 valence electrons. The van der Waals surface area contributed by atoms with E-state index in [9.17, 15) is 14.7 Å². The minimum absolute atomic E-state index is 0.0261. The monoisotopic (exact) mass is 371 g/mol. The molecule has 23 heavy (non-hydrogen) atoms. The molecule has 5 nitrogen and oxygen atoms in total. The molecule has 0 bridgehead atoms. The van der Waals surface area contributed by atoms with Crippen molar-refractivity contribution in [3.05, 3.63) is 74.0 Å². The summed E-state index contributed by atoms with van der Waals surface area (Å²) in [5, 5.41) is 12.8. The molecule has 0 saturated heterocycles. The van der Waals surface area contributed by atoms with Crippen molar-refractivity contribution in [2.24, 2.45) is 0 Å². The molecule has 1 aliphatic heterocycles. The van der Waals surface area contributed by atoms with Gasteiger partial charge in [-0.3, -0.25) is 9.59 Å². The fourth-order valence-electron chi connectivity index (χ4n) is 2.84. The van der Waals surface area contributed by atoms with Crippen molar-refractivity contribution < 1.29 is 14.3 Å². The lowest BCUT2D eigenvalue weighted by Crippen LogP contribution is -2.21. The minimum Gasteiger partial charge on any atom is -0.508 e. The lowest BCUT2D eigenvalue weighted by Gasteiger charge is -2.11. The third-order valence-electron chi connectivity index (χ3n) is 3.86. The Bertz CT molecular complexity index is 1020. The smallest absolute Gasteiger partial charge is 0.288 e. The zero-order valence-electron chi connectivity index (χ0n) is 11.7. The highest BCUT2D eigenvalue weighted by atomic mass is 79.9. The summed E-state index contributed by atoms with van der Waals surface area (Å²) in [4.78, 5) is 25.0. The Labute approximate surface area is 138 Å². The number of halogens is 1. The van der Waals surface area contributed by atoms with Crippen LogP contribution in [-0.4, -0.2) is 11.0 Å². The predicted molar refractivity (Wildman–Crippen MR) is 87.6 cm³/mol. The molecule has 6 heteroatoms. The summed E-state index contributed by atoms with van der Waals surface area (Å²) in [7, 11) is 0. The van der Waals surface area contributed by atoms with Gasteiger partial charge in [0.15, 0.2) is 5.43 Å². The van der Waals surface area contributed by atoms with Crippen molar-refractivity contribution in [2.45, 2.75) is 6.04 Å². The Morgan fingerprint density at radius 1 is 1.13 bits per heavy atom. The summed E-state index contributed by atoms with van der Waals surface area (Å²) in [6.07, 6.45) is 0. The van der Waals surface area contributed by atoms with Gasteiger partial charge < -0.3 is 14.8 Å². The van der Waals surface area contributed by atoms with E-state index in [1.54, 1.807) is 30.3 Å². The van der Waals surface area contributed by atoms with Crippen LogP contribution in [-0.2, 0) is 0 Å². The number of hydrogen-bond donors (Lipinski definition) is 2. The largest absolute Gasteiger partial charge is 0.508 e. The molecule has 1 amide bonds. The van der Waals surface area contributed by atoms with Gasteiger partial charge in [0, 0.05) is 4.47 Å². The highest BCUT2D eigenvalue weighted by molar-refractivity contribution is 9.10. The number of carbonyl (C=O) groups is 1. The van der Waals surface area contributed by atoms with Gasteiger partial charge >= 0.3 is 0 Å². The number of hydrogen-bond acceptors (Lipinski definition) is 4. The number of rotatable bonds is 1. The van der Waals surface area contributed by atoms with Gasteiger partial charge in [-0.15, -0.1) is 0 Å². The highest BCUT2D eigenvalue weighted by Gasteiger charge is 2.35. The molecule has 0 spiro atoms. The molecule has 4 rings (SSSR count). The lowest BCUT2D eigenvalue weighted by molar-refractivity contribution is 0.0938. The average molecular weight is 372 g/mol. The molecule has 0 fully saturated rings. The van der Waals surface area contributed by atoms with Gasteiger partial charge in [0.25, 0.3) is 5.91 Å². The lowest BCUT2D eigenvalue weighted by atomic mass is 9.99. The number of amides is 1. The van der Waals surface area contributed by atoms with Gasteiger partial charge in [-0.25, -0.2) is 0 Å². The first-order chi connectivity index (χ1) is 11.0. The standard InChI is InChI=1S/C17H10BrNO4/c18-9-4-5-12-11(7-9)15(21)13-14(19-17(22)16(13)23-12)8-2-1-3-10(20)6-8/h1-7,14,20H,(H,19,22). The number of phenols is 1. The number of aromatic hydroxyl groups is 1. The quantitative estimate of drug-likeness (QED) is 0.688. The second kappa shape index (κ2) is 4.96. The zero-order chi connectivity index (χ0) is 16.1. The van der Waals surface area contributed by atoms with Crippen LogP contribution in [0.15, 0.2) is 56.1 Å². The van der Waals surface area contributed by atoms with E-state index in [-0.39, 0.29) is 22.5 Å². The fourth-order valence-corrected chi connectivity index (χ4v) is 3.20. The second-order valence-corrected chi connectivity index (χ2v) is 6.23. The normalized spacial score (nSPS) is 16.4. The molecular weight excluding hydrogens is 362 g/mol. The second-order valence-electron chi connectivity index (χ2n) is 5.32. The van der Waals surface area contributed by atoms with Gasteiger partial charge in [-0.1, -0.05) is 28.1 Å². The zero-order valence-corrected chi connectivity index (χ0v) is 13.3. The molecule has 1 atom stereocenters. The Morgan fingerprint density at radius 3 is 2.74 bits per heavy atom. The molecule has 3 aromatic rings. The fraction of sp³-hybridized carbons (Fsp3) is 0.0588. The van der Waals surface area contributed by atoms with E-state index < -0.39 is 11.9 Å². The summed E-state index contributed by atoms with van der Waals surface area (Å²) in [5.41, 5.74) is 1.00. The minimum atomic E-state index is -0.635. The third kappa shape index (κ3) is 2.14. The van der Waals surface area contributed by atoms with E-state index in [0.717, 1.165) is 4.47 Å². The van der Waals surface area contributed by atoms with E-state index in [1.807, 2.05) is 0 Å². The Morgan fingerprint density at radius 2 is 1.96 bits per heavy atom. The van der Waals surface area contributed by atoms with E-state index in [1.165, 1.54) is 12.1 Å². The van der Waals surface area contributed by atoms with Gasteiger partial charge in [0.1, 0.15) is 11.3 Å². The Kier molecular flexibility index (Phi) is 3.02. The Balaban J connectivity index is 2.01. The molecule has 2 N–H and O–H groups in total. The first-order valence-corrected chi connectivity index (χ1v) is 7.70. The average Bonchev–Trinajstić information content (AvgIpc) is 2.86.